The topological polar surface area (TPSA) is 33.2 Å². The molecule has 0 atom stereocenters. The molecule has 0 bridgehead atoms. The van der Waals surface area contributed by atoms with E-state index in [0.29, 0.717) is 18.0 Å². The number of Topliss-reactive ketones (excluding diaryl/α,β-unsaturated/α-hetero) is 1. The normalized spacial score (nSPS) is 15.8. The van der Waals surface area contributed by atoms with Gasteiger partial charge in [0.1, 0.15) is 0 Å². The van der Waals surface area contributed by atoms with E-state index in [4.69, 9.17) is 11.6 Å². The SMILES string of the molecule is O=C1CCN(c2ccc(Cl)c3cccnc23)C1. The number of rotatable bonds is 1. The standard InChI is InChI=1S/C13H11ClN2O/c14-11-3-4-12(16-7-5-9(17)8-16)13-10(11)2-1-6-15-13/h1-4,6H,5,7-8H2. The van der Waals surface area contributed by atoms with Crippen LogP contribution in [-0.2, 0) is 4.79 Å². The highest BCUT2D eigenvalue weighted by Gasteiger charge is 2.21. The Morgan fingerprint density at radius 2 is 2.18 bits per heavy atom. The Kier molecular flexibility index (Phi) is 2.48. The minimum absolute atomic E-state index is 0.282. The molecule has 4 heteroatoms. The van der Waals surface area contributed by atoms with Gasteiger partial charge in [0.15, 0.2) is 5.78 Å². The molecule has 0 spiro atoms. The first kappa shape index (κ1) is 10.5. The van der Waals surface area contributed by atoms with Gasteiger partial charge in [-0.25, -0.2) is 0 Å². The maximum Gasteiger partial charge on any atom is 0.153 e. The maximum atomic E-state index is 11.3. The first-order chi connectivity index (χ1) is 8.25. The van der Waals surface area contributed by atoms with Crippen LogP contribution in [0.2, 0.25) is 5.02 Å². The van der Waals surface area contributed by atoms with Gasteiger partial charge in [0.2, 0.25) is 0 Å². The number of hydrogen-bond acceptors (Lipinski definition) is 3. The number of ketones is 1. The smallest absolute Gasteiger partial charge is 0.153 e. The first-order valence-corrected chi connectivity index (χ1v) is 5.93. The number of benzene rings is 1. The summed E-state index contributed by atoms with van der Waals surface area (Å²) in [6.45, 7) is 1.25. The average molecular weight is 247 g/mol. The summed E-state index contributed by atoms with van der Waals surface area (Å²) in [5, 5.41) is 1.63. The summed E-state index contributed by atoms with van der Waals surface area (Å²) >= 11 is 6.14. The number of nitrogens with zero attached hydrogens (tertiary/aromatic N) is 2. The molecule has 1 saturated heterocycles. The van der Waals surface area contributed by atoms with E-state index in [9.17, 15) is 4.79 Å². The molecular formula is C13H11ClN2O. The van der Waals surface area contributed by atoms with Gasteiger partial charge in [0.25, 0.3) is 0 Å². The summed E-state index contributed by atoms with van der Waals surface area (Å²) in [5.41, 5.74) is 1.87. The number of aromatic nitrogens is 1. The van der Waals surface area contributed by atoms with Crippen LogP contribution in [0.15, 0.2) is 30.5 Å². The Morgan fingerprint density at radius 1 is 1.29 bits per heavy atom. The molecule has 0 unspecified atom stereocenters. The predicted octanol–water partition coefficient (Wildman–Crippen LogP) is 2.67. The Labute approximate surface area is 104 Å². The van der Waals surface area contributed by atoms with Gasteiger partial charge >= 0.3 is 0 Å². The van der Waals surface area contributed by atoms with E-state index in [1.807, 2.05) is 24.3 Å². The van der Waals surface area contributed by atoms with Crippen molar-refractivity contribution in [3.05, 3.63) is 35.5 Å². The molecule has 1 aromatic carbocycles. The number of pyridine rings is 1. The van der Waals surface area contributed by atoms with Gasteiger partial charge in [-0.2, -0.15) is 0 Å². The fourth-order valence-corrected chi connectivity index (χ4v) is 2.43. The third-order valence-electron chi connectivity index (χ3n) is 3.06. The largest absolute Gasteiger partial charge is 0.362 e. The van der Waals surface area contributed by atoms with E-state index in [1.54, 1.807) is 6.20 Å². The average Bonchev–Trinajstić information content (AvgIpc) is 2.77. The molecule has 3 rings (SSSR count). The highest BCUT2D eigenvalue weighted by molar-refractivity contribution is 6.35. The Bertz CT molecular complexity index is 597. The number of halogens is 1. The molecule has 3 nitrogen and oxygen atoms in total. The predicted molar refractivity (Wildman–Crippen MR) is 68.6 cm³/mol. The number of carbonyl (C=O) groups excluding carboxylic acids is 1. The van der Waals surface area contributed by atoms with Gasteiger partial charge < -0.3 is 4.90 Å². The van der Waals surface area contributed by atoms with Gasteiger partial charge in [0.05, 0.1) is 22.8 Å². The lowest BCUT2D eigenvalue weighted by Crippen LogP contribution is -2.19. The van der Waals surface area contributed by atoms with Crippen molar-refractivity contribution in [1.29, 1.82) is 0 Å². The zero-order valence-corrected chi connectivity index (χ0v) is 9.94. The van der Waals surface area contributed by atoms with Crippen LogP contribution in [0.25, 0.3) is 10.9 Å². The number of carbonyl (C=O) groups is 1. The lowest BCUT2D eigenvalue weighted by atomic mass is 10.2. The van der Waals surface area contributed by atoms with Crippen molar-refractivity contribution in [3.8, 4) is 0 Å². The molecule has 1 aliphatic rings. The van der Waals surface area contributed by atoms with Crippen molar-refractivity contribution in [2.75, 3.05) is 18.0 Å². The zero-order chi connectivity index (χ0) is 11.8. The van der Waals surface area contributed by atoms with Crippen molar-refractivity contribution in [1.82, 2.24) is 4.98 Å². The summed E-state index contributed by atoms with van der Waals surface area (Å²) in [6.07, 6.45) is 2.37. The van der Waals surface area contributed by atoms with E-state index in [1.165, 1.54) is 0 Å². The van der Waals surface area contributed by atoms with Crippen LogP contribution in [0.5, 0.6) is 0 Å². The van der Waals surface area contributed by atoms with Gasteiger partial charge in [-0.15, -0.1) is 0 Å². The van der Waals surface area contributed by atoms with Crippen LogP contribution in [-0.4, -0.2) is 23.9 Å². The van der Waals surface area contributed by atoms with Crippen LogP contribution in [0, 0.1) is 0 Å². The summed E-state index contributed by atoms with van der Waals surface area (Å²) in [6, 6.07) is 7.62. The van der Waals surface area contributed by atoms with Crippen LogP contribution in [0.1, 0.15) is 6.42 Å². The minimum atomic E-state index is 0.282. The second kappa shape index (κ2) is 4.00. The molecule has 0 aliphatic carbocycles. The van der Waals surface area contributed by atoms with Gasteiger partial charge in [0, 0.05) is 24.5 Å². The highest BCUT2D eigenvalue weighted by atomic mass is 35.5. The Morgan fingerprint density at radius 3 is 2.94 bits per heavy atom. The Balaban J connectivity index is 2.17. The molecule has 1 fully saturated rings. The lowest BCUT2D eigenvalue weighted by Gasteiger charge is -2.18. The summed E-state index contributed by atoms with van der Waals surface area (Å²) in [7, 11) is 0. The zero-order valence-electron chi connectivity index (χ0n) is 9.19. The molecular weight excluding hydrogens is 236 g/mol. The lowest BCUT2D eigenvalue weighted by molar-refractivity contribution is -0.116. The van der Waals surface area contributed by atoms with Crippen LogP contribution < -0.4 is 4.90 Å². The van der Waals surface area contributed by atoms with Gasteiger partial charge in [-0.3, -0.25) is 9.78 Å². The fourth-order valence-electron chi connectivity index (χ4n) is 2.21. The Hall–Kier alpha value is -1.61. The third kappa shape index (κ3) is 1.76. The fraction of sp³-hybridized carbons (Fsp3) is 0.231. The third-order valence-corrected chi connectivity index (χ3v) is 3.39. The van der Waals surface area contributed by atoms with E-state index in [2.05, 4.69) is 9.88 Å². The van der Waals surface area contributed by atoms with Crippen LogP contribution in [0.4, 0.5) is 5.69 Å². The van der Waals surface area contributed by atoms with E-state index in [0.717, 1.165) is 23.1 Å². The summed E-state index contributed by atoms with van der Waals surface area (Å²) < 4.78 is 0. The molecule has 86 valence electrons. The summed E-state index contributed by atoms with van der Waals surface area (Å²) in [4.78, 5) is 17.8. The number of hydrogen-bond donors (Lipinski definition) is 0. The molecule has 17 heavy (non-hydrogen) atoms. The maximum absolute atomic E-state index is 11.3. The number of fused-ring (bicyclic) bond motifs is 1. The molecule has 0 N–H and O–H groups in total. The van der Waals surface area contributed by atoms with Crippen molar-refractivity contribution in [2.24, 2.45) is 0 Å². The molecule has 1 aromatic heterocycles. The highest BCUT2D eigenvalue weighted by Crippen LogP contribution is 2.31. The van der Waals surface area contributed by atoms with Crippen molar-refractivity contribution in [3.63, 3.8) is 0 Å². The van der Waals surface area contributed by atoms with E-state index in [-0.39, 0.29) is 5.78 Å². The van der Waals surface area contributed by atoms with Crippen molar-refractivity contribution < 1.29 is 4.79 Å². The molecule has 0 radical (unpaired) electrons. The second-order valence-electron chi connectivity index (χ2n) is 4.18. The van der Waals surface area contributed by atoms with Crippen LogP contribution >= 0.6 is 11.6 Å². The van der Waals surface area contributed by atoms with Crippen molar-refractivity contribution >= 4 is 34.0 Å². The van der Waals surface area contributed by atoms with Crippen LogP contribution in [0.3, 0.4) is 0 Å². The summed E-state index contributed by atoms with van der Waals surface area (Å²) in [5.74, 6) is 0.282. The molecule has 2 heterocycles. The van der Waals surface area contributed by atoms with Crippen molar-refractivity contribution in [2.45, 2.75) is 6.42 Å². The van der Waals surface area contributed by atoms with E-state index < -0.39 is 0 Å². The van der Waals surface area contributed by atoms with Gasteiger partial charge in [-0.1, -0.05) is 11.6 Å². The molecule has 0 saturated carbocycles. The number of anilines is 1. The molecule has 0 amide bonds. The minimum Gasteiger partial charge on any atom is -0.362 e. The quantitative estimate of drug-likeness (QED) is 0.776. The molecule has 1 aliphatic heterocycles. The second-order valence-corrected chi connectivity index (χ2v) is 4.58. The van der Waals surface area contributed by atoms with E-state index >= 15 is 0 Å². The molecule has 2 aromatic rings. The van der Waals surface area contributed by atoms with Gasteiger partial charge in [-0.05, 0) is 24.3 Å². The monoisotopic (exact) mass is 246 g/mol. The first-order valence-electron chi connectivity index (χ1n) is 5.55.